The Hall–Kier alpha value is -2.98. The second-order valence-electron chi connectivity index (χ2n) is 8.55. The van der Waals surface area contributed by atoms with Gasteiger partial charge in [-0.1, -0.05) is 24.8 Å². The number of ether oxygens (including phenoxy) is 1. The molecule has 1 unspecified atom stereocenters. The average molecular weight is 506 g/mol. The third-order valence-electron chi connectivity index (χ3n) is 5.59. The first-order valence-electron chi connectivity index (χ1n) is 11.2. The normalized spacial score (nSPS) is 22.2. The lowest BCUT2D eigenvalue weighted by Gasteiger charge is -2.46. The maximum absolute atomic E-state index is 13.6. The first-order valence-corrected chi connectivity index (χ1v) is 12.7. The number of aliphatic hydroxyl groups is 1. The van der Waals surface area contributed by atoms with Gasteiger partial charge in [0.1, 0.15) is 17.6 Å². The summed E-state index contributed by atoms with van der Waals surface area (Å²) < 4.78 is 31.5. The molecule has 1 aliphatic carbocycles. The zero-order valence-corrected chi connectivity index (χ0v) is 20.8. The Morgan fingerprint density at radius 1 is 1.29 bits per heavy atom. The summed E-state index contributed by atoms with van der Waals surface area (Å²) in [5.74, 6) is -1.12. The second kappa shape index (κ2) is 11.2. The molecule has 0 bridgehead atoms. The molecule has 4 N–H and O–H groups in total. The smallest absolute Gasteiger partial charge is 0.459 e. The van der Waals surface area contributed by atoms with Crippen molar-refractivity contribution < 1.29 is 28.3 Å². The van der Waals surface area contributed by atoms with Crippen molar-refractivity contribution in [1.82, 2.24) is 14.6 Å². The minimum absolute atomic E-state index is 0.0896. The number of hydrogen-bond donors (Lipinski definition) is 3. The Bertz CT molecular complexity index is 1150. The van der Waals surface area contributed by atoms with Crippen LogP contribution in [0.1, 0.15) is 26.8 Å². The van der Waals surface area contributed by atoms with Crippen LogP contribution in [0.2, 0.25) is 0 Å². The molecule has 2 aromatic rings. The Labute approximate surface area is 203 Å². The molecule has 1 fully saturated rings. The Morgan fingerprint density at radius 2 is 1.97 bits per heavy atom. The van der Waals surface area contributed by atoms with Crippen molar-refractivity contribution in [2.75, 3.05) is 18.9 Å². The number of hydrogen-bond acceptors (Lipinski definition) is 9. The summed E-state index contributed by atoms with van der Waals surface area (Å²) in [6.07, 6.45) is 1.14. The summed E-state index contributed by atoms with van der Waals surface area (Å²) in [6.45, 7) is 8.52. The molecule has 1 saturated carbocycles. The van der Waals surface area contributed by atoms with E-state index < -0.39 is 43.3 Å². The highest BCUT2D eigenvalue weighted by Crippen LogP contribution is 2.51. The van der Waals surface area contributed by atoms with Crippen molar-refractivity contribution in [3.63, 3.8) is 0 Å². The van der Waals surface area contributed by atoms with Crippen LogP contribution in [0.3, 0.4) is 0 Å². The summed E-state index contributed by atoms with van der Waals surface area (Å²) >= 11 is 0. The number of nitrogens with two attached hydrogens (primary N) is 1. The Balaban J connectivity index is 1.76. The minimum atomic E-state index is -4.07. The van der Waals surface area contributed by atoms with E-state index in [9.17, 15) is 19.3 Å². The van der Waals surface area contributed by atoms with E-state index in [4.69, 9.17) is 19.5 Å². The van der Waals surface area contributed by atoms with Gasteiger partial charge in [-0.25, -0.2) is 9.36 Å². The molecular formula is C23H31N4O7P. The van der Waals surface area contributed by atoms with Crippen LogP contribution >= 0.6 is 7.75 Å². The maximum Gasteiger partial charge on any atom is 0.459 e. The Morgan fingerprint density at radius 3 is 2.57 bits per heavy atom. The van der Waals surface area contributed by atoms with Crippen LogP contribution in [-0.2, 0) is 18.6 Å². The van der Waals surface area contributed by atoms with Crippen LogP contribution in [0.4, 0.5) is 5.82 Å². The van der Waals surface area contributed by atoms with Gasteiger partial charge in [0.2, 0.25) is 0 Å². The molecule has 1 heterocycles. The van der Waals surface area contributed by atoms with Crippen molar-refractivity contribution in [1.29, 1.82) is 0 Å². The molecule has 11 nitrogen and oxygen atoms in total. The van der Waals surface area contributed by atoms with Gasteiger partial charge in [-0.15, -0.1) is 0 Å². The number of benzene rings is 1. The van der Waals surface area contributed by atoms with Crippen LogP contribution in [0, 0.1) is 11.8 Å². The van der Waals surface area contributed by atoms with Crippen molar-refractivity contribution in [3.8, 4) is 5.75 Å². The molecule has 0 saturated heterocycles. The van der Waals surface area contributed by atoms with Crippen LogP contribution in [-0.4, -0.2) is 46.0 Å². The van der Waals surface area contributed by atoms with Crippen LogP contribution < -0.4 is 21.0 Å². The molecule has 1 aromatic carbocycles. The minimum Gasteiger partial charge on any atom is -0.462 e. The van der Waals surface area contributed by atoms with Crippen molar-refractivity contribution in [2.24, 2.45) is 11.8 Å². The summed E-state index contributed by atoms with van der Waals surface area (Å²) in [7, 11) is -4.07. The molecule has 1 aromatic heterocycles. The van der Waals surface area contributed by atoms with E-state index in [-0.39, 0.29) is 30.9 Å². The van der Waals surface area contributed by atoms with E-state index in [1.165, 1.54) is 23.8 Å². The van der Waals surface area contributed by atoms with Gasteiger partial charge in [-0.3, -0.25) is 13.9 Å². The first kappa shape index (κ1) is 26.6. The van der Waals surface area contributed by atoms with E-state index >= 15 is 0 Å². The van der Waals surface area contributed by atoms with Crippen molar-refractivity contribution >= 4 is 19.5 Å². The van der Waals surface area contributed by atoms with Gasteiger partial charge in [0.25, 0.3) is 0 Å². The van der Waals surface area contributed by atoms with Gasteiger partial charge in [0.05, 0.1) is 18.8 Å². The number of nitrogen functional groups attached to an aromatic ring is 1. The highest BCUT2D eigenvalue weighted by atomic mass is 31.2. The molecule has 0 amide bonds. The predicted molar refractivity (Wildman–Crippen MR) is 130 cm³/mol. The zero-order chi connectivity index (χ0) is 25.8. The second-order valence-corrected chi connectivity index (χ2v) is 10.2. The third-order valence-corrected chi connectivity index (χ3v) is 7.23. The van der Waals surface area contributed by atoms with Gasteiger partial charge >= 0.3 is 19.4 Å². The number of carbonyl (C=O) groups excluding carboxylic acids is 1. The monoisotopic (exact) mass is 506 g/mol. The first-order chi connectivity index (χ1) is 16.5. The van der Waals surface area contributed by atoms with Crippen molar-refractivity contribution in [2.45, 2.75) is 39.0 Å². The number of esters is 1. The number of aromatic nitrogens is 2. The molecule has 190 valence electrons. The number of nitrogens with one attached hydrogen (secondary N) is 1. The van der Waals surface area contributed by atoms with E-state index in [0.717, 1.165) is 0 Å². The van der Waals surface area contributed by atoms with Gasteiger partial charge in [-0.2, -0.15) is 10.1 Å². The van der Waals surface area contributed by atoms with E-state index in [1.54, 1.807) is 44.2 Å². The number of anilines is 1. The third kappa shape index (κ3) is 6.37. The molecule has 35 heavy (non-hydrogen) atoms. The van der Waals surface area contributed by atoms with Gasteiger partial charge in [-0.05, 0) is 44.5 Å². The summed E-state index contributed by atoms with van der Waals surface area (Å²) in [5, 5.41) is 12.6. The lowest BCUT2D eigenvalue weighted by atomic mass is 9.66. The SMILES string of the molecule is C=C1[C@@H](n2ccc(N)nc2=O)[C@H](CO)[C@H]1COP(=O)(N[C@@H](C)C(=O)OC(C)C)Oc1ccccc1. The largest absolute Gasteiger partial charge is 0.462 e. The number of para-hydroxylation sites is 1. The summed E-state index contributed by atoms with van der Waals surface area (Å²) in [5.41, 5.74) is 5.59. The fourth-order valence-corrected chi connectivity index (χ4v) is 5.38. The molecule has 5 atom stereocenters. The van der Waals surface area contributed by atoms with Crippen LogP contribution in [0.5, 0.6) is 5.75 Å². The topological polar surface area (TPSA) is 155 Å². The fourth-order valence-electron chi connectivity index (χ4n) is 3.86. The van der Waals surface area contributed by atoms with Gasteiger partial charge in [0.15, 0.2) is 0 Å². The number of nitrogens with zero attached hydrogens (tertiary/aromatic N) is 2. The lowest BCUT2D eigenvalue weighted by molar-refractivity contribution is -0.149. The summed E-state index contributed by atoms with van der Waals surface area (Å²) in [4.78, 5) is 28.3. The molecule has 1 aliphatic rings. The average Bonchev–Trinajstić information content (AvgIpc) is 2.78. The number of rotatable bonds is 11. The van der Waals surface area contributed by atoms with Crippen LogP contribution in [0.15, 0.2) is 59.5 Å². The molecule has 3 rings (SSSR count). The standard InChI is InChI=1S/C23H31N4O7P/c1-14(2)33-22(29)16(4)26-35(31,34-17-8-6-5-7-9-17)32-13-19-15(3)21(18(19)12-28)27-11-10-20(24)25-23(27)30/h5-11,14,16,18-19,21,28H,3,12-13H2,1-2,4H3,(H,26,31)(H2,24,25,30)/t16-,18+,19-,21+,35?/m0/s1. The number of aliphatic hydroxyl groups excluding tert-OH is 1. The molecular weight excluding hydrogens is 475 g/mol. The highest BCUT2D eigenvalue weighted by Gasteiger charge is 2.47. The molecule has 0 radical (unpaired) electrons. The van der Waals surface area contributed by atoms with E-state index in [2.05, 4.69) is 16.7 Å². The van der Waals surface area contributed by atoms with Gasteiger partial charge < -0.3 is 20.1 Å². The van der Waals surface area contributed by atoms with Crippen molar-refractivity contribution in [3.05, 3.63) is 65.2 Å². The number of carbonyl (C=O) groups is 1. The fraction of sp³-hybridized carbons (Fsp3) is 0.435. The van der Waals surface area contributed by atoms with E-state index in [1.807, 2.05) is 0 Å². The maximum atomic E-state index is 13.6. The van der Waals surface area contributed by atoms with E-state index in [0.29, 0.717) is 5.57 Å². The molecule has 0 aliphatic heterocycles. The lowest BCUT2D eigenvalue weighted by Crippen LogP contribution is -2.48. The van der Waals surface area contributed by atoms with Gasteiger partial charge in [0, 0.05) is 24.6 Å². The molecule has 12 heteroatoms. The Kier molecular flexibility index (Phi) is 8.50. The highest BCUT2D eigenvalue weighted by molar-refractivity contribution is 7.52. The summed E-state index contributed by atoms with van der Waals surface area (Å²) in [6, 6.07) is 8.36. The zero-order valence-electron chi connectivity index (χ0n) is 19.9. The quantitative estimate of drug-likeness (QED) is 0.235. The van der Waals surface area contributed by atoms with Crippen LogP contribution in [0.25, 0.3) is 0 Å². The molecule has 0 spiro atoms. The predicted octanol–water partition coefficient (Wildman–Crippen LogP) is 2.29.